The van der Waals surface area contributed by atoms with Gasteiger partial charge in [0.2, 0.25) is 0 Å². The molecule has 1 rings (SSSR count). The number of unbranched alkanes of at least 4 members (excludes halogenated alkanes) is 1. The molecular formula is C12H22N2S. The fourth-order valence-electron chi connectivity index (χ4n) is 1.49. The van der Waals surface area contributed by atoms with Gasteiger partial charge in [0.05, 0.1) is 11.2 Å². The van der Waals surface area contributed by atoms with Crippen LogP contribution in [0.3, 0.4) is 0 Å². The van der Waals surface area contributed by atoms with E-state index in [1.54, 1.807) is 11.3 Å². The van der Waals surface area contributed by atoms with Crippen molar-refractivity contribution in [3.05, 3.63) is 16.1 Å². The Hall–Kier alpha value is -0.410. The Labute approximate surface area is 97.1 Å². The number of hydrogen-bond donors (Lipinski definition) is 1. The molecule has 0 fully saturated rings. The molecule has 0 radical (unpaired) electrons. The van der Waals surface area contributed by atoms with Gasteiger partial charge >= 0.3 is 0 Å². The number of aryl methyl sites for hydroxylation is 2. The van der Waals surface area contributed by atoms with Crippen LogP contribution >= 0.6 is 11.3 Å². The molecule has 1 aromatic heterocycles. The topological polar surface area (TPSA) is 24.9 Å². The molecule has 0 spiro atoms. The molecule has 0 aliphatic heterocycles. The van der Waals surface area contributed by atoms with E-state index in [0.29, 0.717) is 0 Å². The van der Waals surface area contributed by atoms with Crippen molar-refractivity contribution >= 4 is 11.3 Å². The quantitative estimate of drug-likeness (QED) is 0.723. The SMILES string of the molecule is Cc1ncsc1CCCCNCC(C)C. The standard InChI is InChI=1S/C12H22N2S/c1-10(2)8-13-7-5-4-6-12-11(3)14-9-15-12/h9-10,13H,4-8H2,1-3H3. The van der Waals surface area contributed by atoms with Crippen LogP contribution in [0.4, 0.5) is 0 Å². The zero-order chi connectivity index (χ0) is 11.1. The molecule has 0 aromatic carbocycles. The molecule has 0 aliphatic rings. The number of aromatic nitrogens is 1. The summed E-state index contributed by atoms with van der Waals surface area (Å²) >= 11 is 1.79. The third kappa shape index (κ3) is 5.28. The van der Waals surface area contributed by atoms with E-state index in [-0.39, 0.29) is 0 Å². The monoisotopic (exact) mass is 226 g/mol. The van der Waals surface area contributed by atoms with Crippen molar-refractivity contribution in [2.75, 3.05) is 13.1 Å². The van der Waals surface area contributed by atoms with Gasteiger partial charge in [-0.3, -0.25) is 0 Å². The van der Waals surface area contributed by atoms with E-state index in [9.17, 15) is 0 Å². The predicted octanol–water partition coefficient (Wildman–Crippen LogP) is 3.02. The van der Waals surface area contributed by atoms with Crippen molar-refractivity contribution in [2.45, 2.75) is 40.0 Å². The van der Waals surface area contributed by atoms with Crippen LogP contribution in [0.5, 0.6) is 0 Å². The highest BCUT2D eigenvalue weighted by atomic mass is 32.1. The van der Waals surface area contributed by atoms with Gasteiger partial charge in [0.15, 0.2) is 0 Å². The average Bonchev–Trinajstić information content (AvgIpc) is 2.57. The summed E-state index contributed by atoms with van der Waals surface area (Å²) in [7, 11) is 0. The van der Waals surface area contributed by atoms with Gasteiger partial charge in [-0.25, -0.2) is 4.98 Å². The summed E-state index contributed by atoms with van der Waals surface area (Å²) in [5.41, 5.74) is 3.16. The summed E-state index contributed by atoms with van der Waals surface area (Å²) in [6.07, 6.45) is 3.73. The van der Waals surface area contributed by atoms with E-state index in [2.05, 4.69) is 31.1 Å². The van der Waals surface area contributed by atoms with Crippen LogP contribution in [0.2, 0.25) is 0 Å². The molecule has 0 atom stereocenters. The Kier molecular flexibility index (Phi) is 5.88. The normalized spacial score (nSPS) is 11.2. The molecule has 0 unspecified atom stereocenters. The molecule has 2 nitrogen and oxygen atoms in total. The van der Waals surface area contributed by atoms with Gasteiger partial charge in [-0.2, -0.15) is 0 Å². The van der Waals surface area contributed by atoms with Crippen molar-refractivity contribution < 1.29 is 0 Å². The molecule has 0 saturated heterocycles. The van der Waals surface area contributed by atoms with Crippen LogP contribution in [0, 0.1) is 12.8 Å². The molecule has 86 valence electrons. The summed E-state index contributed by atoms with van der Waals surface area (Å²) < 4.78 is 0. The highest BCUT2D eigenvalue weighted by molar-refractivity contribution is 7.09. The molecule has 1 N–H and O–H groups in total. The van der Waals surface area contributed by atoms with Gasteiger partial charge in [0, 0.05) is 4.88 Å². The molecule has 1 heterocycles. The summed E-state index contributed by atoms with van der Waals surface area (Å²) in [5, 5.41) is 3.47. The summed E-state index contributed by atoms with van der Waals surface area (Å²) in [4.78, 5) is 5.72. The van der Waals surface area contributed by atoms with Crippen molar-refractivity contribution in [1.29, 1.82) is 0 Å². The van der Waals surface area contributed by atoms with E-state index in [0.717, 1.165) is 19.0 Å². The number of nitrogens with one attached hydrogen (secondary N) is 1. The van der Waals surface area contributed by atoms with Crippen LogP contribution in [0.25, 0.3) is 0 Å². The molecule has 0 amide bonds. The maximum absolute atomic E-state index is 4.26. The minimum Gasteiger partial charge on any atom is -0.316 e. The van der Waals surface area contributed by atoms with Crippen molar-refractivity contribution in [3.8, 4) is 0 Å². The molecule has 15 heavy (non-hydrogen) atoms. The first-order valence-corrected chi connectivity index (χ1v) is 6.67. The zero-order valence-electron chi connectivity index (χ0n) is 10.0. The van der Waals surface area contributed by atoms with Gasteiger partial charge in [-0.1, -0.05) is 13.8 Å². The van der Waals surface area contributed by atoms with E-state index in [1.165, 1.54) is 29.8 Å². The van der Waals surface area contributed by atoms with Crippen molar-refractivity contribution in [2.24, 2.45) is 5.92 Å². The molecule has 1 aromatic rings. The Morgan fingerprint density at radius 2 is 2.20 bits per heavy atom. The van der Waals surface area contributed by atoms with E-state index in [1.807, 2.05) is 5.51 Å². The minimum absolute atomic E-state index is 0.758. The van der Waals surface area contributed by atoms with E-state index >= 15 is 0 Å². The fraction of sp³-hybridized carbons (Fsp3) is 0.750. The van der Waals surface area contributed by atoms with Gasteiger partial charge < -0.3 is 5.32 Å². The number of nitrogens with zero attached hydrogens (tertiary/aromatic N) is 1. The van der Waals surface area contributed by atoms with Crippen LogP contribution in [0.15, 0.2) is 5.51 Å². The second kappa shape index (κ2) is 6.96. The maximum Gasteiger partial charge on any atom is 0.0797 e. The minimum atomic E-state index is 0.758. The van der Waals surface area contributed by atoms with E-state index in [4.69, 9.17) is 0 Å². The zero-order valence-corrected chi connectivity index (χ0v) is 10.9. The highest BCUT2D eigenvalue weighted by Gasteiger charge is 2.00. The second-order valence-electron chi connectivity index (χ2n) is 4.42. The van der Waals surface area contributed by atoms with Crippen LogP contribution in [-0.2, 0) is 6.42 Å². The second-order valence-corrected chi connectivity index (χ2v) is 5.36. The molecule has 0 saturated carbocycles. The lowest BCUT2D eigenvalue weighted by molar-refractivity contribution is 0.536. The molecule has 0 bridgehead atoms. The molecular weight excluding hydrogens is 204 g/mol. The van der Waals surface area contributed by atoms with E-state index < -0.39 is 0 Å². The Balaban J connectivity index is 2.00. The number of hydrogen-bond acceptors (Lipinski definition) is 3. The lowest BCUT2D eigenvalue weighted by Gasteiger charge is -2.06. The lowest BCUT2D eigenvalue weighted by atomic mass is 10.2. The largest absolute Gasteiger partial charge is 0.316 e. The van der Waals surface area contributed by atoms with Gasteiger partial charge in [-0.05, 0) is 45.2 Å². The Morgan fingerprint density at radius 1 is 1.40 bits per heavy atom. The van der Waals surface area contributed by atoms with Gasteiger partial charge in [0.25, 0.3) is 0 Å². The first-order chi connectivity index (χ1) is 7.20. The van der Waals surface area contributed by atoms with Gasteiger partial charge in [0.1, 0.15) is 0 Å². The van der Waals surface area contributed by atoms with Crippen molar-refractivity contribution in [3.63, 3.8) is 0 Å². The van der Waals surface area contributed by atoms with Crippen LogP contribution < -0.4 is 5.32 Å². The van der Waals surface area contributed by atoms with Gasteiger partial charge in [-0.15, -0.1) is 11.3 Å². The number of rotatable bonds is 7. The van der Waals surface area contributed by atoms with Crippen LogP contribution in [0.1, 0.15) is 37.3 Å². The third-order valence-electron chi connectivity index (χ3n) is 2.40. The first kappa shape index (κ1) is 12.7. The smallest absolute Gasteiger partial charge is 0.0797 e. The number of thiazole rings is 1. The Morgan fingerprint density at radius 3 is 2.80 bits per heavy atom. The lowest BCUT2D eigenvalue weighted by Crippen LogP contribution is -2.20. The molecule has 3 heteroatoms. The Bertz CT molecular complexity index is 268. The third-order valence-corrected chi connectivity index (χ3v) is 3.40. The first-order valence-electron chi connectivity index (χ1n) is 5.80. The van der Waals surface area contributed by atoms with Crippen LogP contribution in [-0.4, -0.2) is 18.1 Å². The summed E-state index contributed by atoms with van der Waals surface area (Å²) in [6.45, 7) is 8.87. The maximum atomic E-state index is 4.26. The summed E-state index contributed by atoms with van der Waals surface area (Å²) in [5.74, 6) is 0.758. The fourth-order valence-corrected chi connectivity index (χ4v) is 2.32. The highest BCUT2D eigenvalue weighted by Crippen LogP contribution is 2.14. The summed E-state index contributed by atoms with van der Waals surface area (Å²) in [6, 6.07) is 0. The average molecular weight is 226 g/mol. The predicted molar refractivity (Wildman–Crippen MR) is 67.5 cm³/mol. The van der Waals surface area contributed by atoms with Crippen molar-refractivity contribution in [1.82, 2.24) is 10.3 Å². The molecule has 0 aliphatic carbocycles.